The standard InChI is InChI=1S/C20H24ClN3O5/c21-14-10-13(11-15-17(14)29-9-3-8-28-15)12-22-16(25)4-7-24-18(26)20(23-19(24)27)5-1-2-6-20/h10-11H,1-9,12H2,(H,22,25)(H,23,27). The minimum atomic E-state index is -0.742. The molecule has 3 aliphatic rings. The van der Waals surface area contributed by atoms with Crippen LogP contribution in [0, 0.1) is 0 Å². The first-order valence-corrected chi connectivity index (χ1v) is 10.4. The SMILES string of the molecule is O=C(CCN1C(=O)NC2(CCCC2)C1=O)NCc1cc(Cl)c2c(c1)OCCCO2. The van der Waals surface area contributed by atoms with Crippen molar-refractivity contribution in [1.82, 2.24) is 15.5 Å². The number of amides is 4. The summed E-state index contributed by atoms with van der Waals surface area (Å²) in [6, 6.07) is 3.13. The van der Waals surface area contributed by atoms with Gasteiger partial charge in [-0.25, -0.2) is 4.79 Å². The van der Waals surface area contributed by atoms with E-state index in [1.807, 2.05) is 0 Å². The van der Waals surface area contributed by atoms with Crippen LogP contribution in [0.3, 0.4) is 0 Å². The Hall–Kier alpha value is -2.48. The number of carbonyl (C=O) groups excluding carboxylic acids is 3. The number of imide groups is 1. The number of carbonyl (C=O) groups is 3. The first-order valence-electron chi connectivity index (χ1n) is 9.97. The highest BCUT2D eigenvalue weighted by molar-refractivity contribution is 6.32. The van der Waals surface area contributed by atoms with Crippen molar-refractivity contribution in [3.8, 4) is 11.5 Å². The van der Waals surface area contributed by atoms with Crippen molar-refractivity contribution < 1.29 is 23.9 Å². The number of rotatable bonds is 5. The van der Waals surface area contributed by atoms with Gasteiger partial charge >= 0.3 is 6.03 Å². The van der Waals surface area contributed by atoms with E-state index in [2.05, 4.69) is 10.6 Å². The topological polar surface area (TPSA) is 97.0 Å². The molecule has 1 aromatic rings. The van der Waals surface area contributed by atoms with Crippen molar-refractivity contribution in [2.45, 2.75) is 50.6 Å². The molecule has 2 aliphatic heterocycles. The molecule has 0 unspecified atom stereocenters. The van der Waals surface area contributed by atoms with Crippen LogP contribution in [0.15, 0.2) is 12.1 Å². The molecule has 2 fully saturated rings. The first-order chi connectivity index (χ1) is 14.0. The summed E-state index contributed by atoms with van der Waals surface area (Å²) in [5.74, 6) is 0.641. The normalized spacial score (nSPS) is 20.0. The third-order valence-corrected chi connectivity index (χ3v) is 5.90. The van der Waals surface area contributed by atoms with Gasteiger partial charge in [0.15, 0.2) is 11.5 Å². The highest BCUT2D eigenvalue weighted by Crippen LogP contribution is 2.38. The van der Waals surface area contributed by atoms with Gasteiger partial charge in [0.25, 0.3) is 5.91 Å². The number of ether oxygens (including phenoxy) is 2. The summed E-state index contributed by atoms with van der Waals surface area (Å²) in [5.41, 5.74) is 0.0429. The Balaban J connectivity index is 1.31. The van der Waals surface area contributed by atoms with Crippen LogP contribution in [0.1, 0.15) is 44.1 Å². The van der Waals surface area contributed by atoms with Gasteiger partial charge in [-0.1, -0.05) is 24.4 Å². The van der Waals surface area contributed by atoms with Crippen molar-refractivity contribution in [2.24, 2.45) is 0 Å². The van der Waals surface area contributed by atoms with Crippen LogP contribution in [0.25, 0.3) is 0 Å². The predicted molar refractivity (Wildman–Crippen MR) is 105 cm³/mol. The maximum Gasteiger partial charge on any atom is 0.325 e. The maximum atomic E-state index is 12.6. The van der Waals surface area contributed by atoms with E-state index in [0.717, 1.165) is 29.7 Å². The minimum Gasteiger partial charge on any atom is -0.489 e. The van der Waals surface area contributed by atoms with Gasteiger partial charge in [0.2, 0.25) is 5.91 Å². The van der Waals surface area contributed by atoms with Gasteiger partial charge in [-0.2, -0.15) is 0 Å². The highest BCUT2D eigenvalue weighted by atomic mass is 35.5. The van der Waals surface area contributed by atoms with Gasteiger partial charge in [0, 0.05) is 25.9 Å². The monoisotopic (exact) mass is 421 g/mol. The molecule has 1 aliphatic carbocycles. The zero-order chi connectivity index (χ0) is 20.4. The molecule has 0 atom stereocenters. The largest absolute Gasteiger partial charge is 0.489 e. The van der Waals surface area contributed by atoms with Crippen LogP contribution in [-0.2, 0) is 16.1 Å². The second-order valence-electron chi connectivity index (χ2n) is 7.66. The van der Waals surface area contributed by atoms with E-state index in [-0.39, 0.29) is 31.3 Å². The second kappa shape index (κ2) is 8.10. The van der Waals surface area contributed by atoms with E-state index >= 15 is 0 Å². The lowest BCUT2D eigenvalue weighted by atomic mass is 9.98. The molecular formula is C20H24ClN3O5. The van der Waals surface area contributed by atoms with E-state index < -0.39 is 11.6 Å². The smallest absolute Gasteiger partial charge is 0.325 e. The molecule has 1 saturated heterocycles. The molecule has 156 valence electrons. The third-order valence-electron chi connectivity index (χ3n) is 5.62. The number of nitrogens with zero attached hydrogens (tertiary/aromatic N) is 1. The Morgan fingerprint density at radius 2 is 1.93 bits per heavy atom. The van der Waals surface area contributed by atoms with E-state index in [1.54, 1.807) is 12.1 Å². The lowest BCUT2D eigenvalue weighted by Gasteiger charge is -2.19. The van der Waals surface area contributed by atoms with Gasteiger partial charge < -0.3 is 20.1 Å². The zero-order valence-corrected chi connectivity index (χ0v) is 16.8. The zero-order valence-electron chi connectivity index (χ0n) is 16.1. The summed E-state index contributed by atoms with van der Waals surface area (Å²) in [6.45, 7) is 1.43. The number of urea groups is 1. The molecule has 4 amide bonds. The Bertz CT molecular complexity index is 838. The van der Waals surface area contributed by atoms with Crippen molar-refractivity contribution >= 4 is 29.4 Å². The number of nitrogens with one attached hydrogen (secondary N) is 2. The van der Waals surface area contributed by atoms with Crippen LogP contribution in [0.5, 0.6) is 11.5 Å². The molecule has 2 heterocycles. The fourth-order valence-electron chi connectivity index (χ4n) is 4.09. The third kappa shape index (κ3) is 3.99. The molecule has 0 bridgehead atoms. The van der Waals surface area contributed by atoms with E-state index in [1.165, 1.54) is 0 Å². The predicted octanol–water partition coefficient (Wildman–Crippen LogP) is 2.37. The van der Waals surface area contributed by atoms with Crippen LogP contribution in [0.2, 0.25) is 5.02 Å². The molecule has 1 aromatic carbocycles. The summed E-state index contributed by atoms with van der Waals surface area (Å²) in [4.78, 5) is 38.2. The summed E-state index contributed by atoms with van der Waals surface area (Å²) in [6.07, 6.45) is 4.03. The summed E-state index contributed by atoms with van der Waals surface area (Å²) in [7, 11) is 0. The van der Waals surface area contributed by atoms with Gasteiger partial charge in [-0.05, 0) is 30.5 Å². The van der Waals surface area contributed by atoms with Gasteiger partial charge in [-0.3, -0.25) is 14.5 Å². The van der Waals surface area contributed by atoms with Crippen LogP contribution >= 0.6 is 11.6 Å². The van der Waals surface area contributed by atoms with Crippen LogP contribution < -0.4 is 20.1 Å². The highest BCUT2D eigenvalue weighted by Gasteiger charge is 2.52. The van der Waals surface area contributed by atoms with Crippen molar-refractivity contribution in [2.75, 3.05) is 19.8 Å². The average Bonchev–Trinajstić information content (AvgIpc) is 3.15. The molecule has 1 saturated carbocycles. The van der Waals surface area contributed by atoms with Crippen LogP contribution in [-0.4, -0.2) is 48.0 Å². The van der Waals surface area contributed by atoms with Gasteiger partial charge in [0.1, 0.15) is 5.54 Å². The molecule has 2 N–H and O–H groups in total. The summed E-state index contributed by atoms with van der Waals surface area (Å²) in [5, 5.41) is 6.06. The van der Waals surface area contributed by atoms with Gasteiger partial charge in [-0.15, -0.1) is 0 Å². The van der Waals surface area contributed by atoms with Crippen molar-refractivity contribution in [1.29, 1.82) is 0 Å². The molecule has 4 rings (SSSR count). The fourth-order valence-corrected chi connectivity index (χ4v) is 4.37. The minimum absolute atomic E-state index is 0.0491. The number of fused-ring (bicyclic) bond motifs is 1. The number of hydrogen-bond donors (Lipinski definition) is 2. The van der Waals surface area contributed by atoms with E-state index in [4.69, 9.17) is 21.1 Å². The average molecular weight is 422 g/mol. The molecule has 1 spiro atoms. The number of hydrogen-bond acceptors (Lipinski definition) is 5. The molecule has 0 aromatic heterocycles. The Labute approximate surface area is 173 Å². The summed E-state index contributed by atoms with van der Waals surface area (Å²) < 4.78 is 11.2. The molecule has 0 radical (unpaired) electrons. The molecule has 8 nitrogen and oxygen atoms in total. The van der Waals surface area contributed by atoms with E-state index in [0.29, 0.717) is 42.6 Å². The van der Waals surface area contributed by atoms with Crippen molar-refractivity contribution in [3.63, 3.8) is 0 Å². The van der Waals surface area contributed by atoms with Crippen molar-refractivity contribution in [3.05, 3.63) is 22.7 Å². The van der Waals surface area contributed by atoms with Crippen LogP contribution in [0.4, 0.5) is 4.79 Å². The summed E-state index contributed by atoms with van der Waals surface area (Å²) >= 11 is 6.27. The lowest BCUT2D eigenvalue weighted by Crippen LogP contribution is -2.44. The first kappa shape index (κ1) is 19.8. The fraction of sp³-hybridized carbons (Fsp3) is 0.550. The van der Waals surface area contributed by atoms with E-state index in [9.17, 15) is 14.4 Å². The Morgan fingerprint density at radius 1 is 1.17 bits per heavy atom. The molecular weight excluding hydrogens is 398 g/mol. The lowest BCUT2D eigenvalue weighted by molar-refractivity contribution is -0.131. The Kier molecular flexibility index (Phi) is 5.54. The second-order valence-corrected chi connectivity index (χ2v) is 8.07. The Morgan fingerprint density at radius 3 is 2.72 bits per heavy atom. The quantitative estimate of drug-likeness (QED) is 0.711. The number of benzene rings is 1. The maximum absolute atomic E-state index is 12.6. The number of halogens is 1. The molecule has 9 heteroatoms. The molecule has 29 heavy (non-hydrogen) atoms. The van der Waals surface area contributed by atoms with Gasteiger partial charge in [0.05, 0.1) is 18.2 Å².